The summed E-state index contributed by atoms with van der Waals surface area (Å²) < 4.78 is 66.8. The van der Waals surface area contributed by atoms with Crippen molar-refractivity contribution in [2.45, 2.75) is 100 Å². The molecule has 0 atom stereocenters. The zero-order valence-corrected chi connectivity index (χ0v) is 21.9. The van der Waals surface area contributed by atoms with Crippen LogP contribution in [0.5, 0.6) is 0 Å². The van der Waals surface area contributed by atoms with Gasteiger partial charge >= 0.3 is 6.18 Å². The van der Waals surface area contributed by atoms with E-state index < -0.39 is 17.7 Å². The topological polar surface area (TPSA) is 73.3 Å². The van der Waals surface area contributed by atoms with Gasteiger partial charge in [-0.15, -0.1) is 0 Å². The number of aromatic nitrogens is 2. The highest BCUT2D eigenvalue weighted by Gasteiger charge is 2.38. The fourth-order valence-corrected chi connectivity index (χ4v) is 6.15. The number of nitrogens with zero attached hydrogens (tertiary/aromatic N) is 3. The second kappa shape index (κ2) is 11.5. The average molecular weight is 554 g/mol. The fourth-order valence-electron chi connectivity index (χ4n) is 6.15. The van der Waals surface area contributed by atoms with Crippen molar-refractivity contribution < 1.29 is 27.1 Å². The minimum Gasteiger partial charge on any atom is -0.393 e. The summed E-state index contributed by atoms with van der Waals surface area (Å²) in [7, 11) is 0. The number of aliphatic hydroxyl groups is 1. The minimum atomic E-state index is -4.45. The van der Waals surface area contributed by atoms with Gasteiger partial charge < -0.3 is 20.6 Å². The van der Waals surface area contributed by atoms with E-state index in [1.165, 1.54) is 6.07 Å². The van der Waals surface area contributed by atoms with Crippen LogP contribution in [0.4, 0.5) is 39.4 Å². The van der Waals surface area contributed by atoms with Gasteiger partial charge in [-0.1, -0.05) is 6.07 Å². The van der Waals surface area contributed by atoms with Crippen LogP contribution in [-0.2, 0) is 6.18 Å². The van der Waals surface area contributed by atoms with Gasteiger partial charge in [0.15, 0.2) is 0 Å². The summed E-state index contributed by atoms with van der Waals surface area (Å²) in [6, 6.07) is 5.26. The molecular weight excluding hydrogens is 517 g/mol. The van der Waals surface area contributed by atoms with E-state index in [-0.39, 0.29) is 48.6 Å². The fraction of sp³-hybridized carbons (Fsp3) is 0.643. The first-order valence-corrected chi connectivity index (χ1v) is 13.9. The Hall–Kier alpha value is -2.53. The molecule has 1 aromatic heterocycles. The second-order valence-electron chi connectivity index (χ2n) is 11.2. The van der Waals surface area contributed by atoms with Crippen LogP contribution in [0.2, 0.25) is 0 Å². The number of likely N-dealkylation sites (tertiary alicyclic amines) is 1. The number of benzene rings is 1. The van der Waals surface area contributed by atoms with Crippen molar-refractivity contribution in [1.82, 2.24) is 14.9 Å². The Morgan fingerprint density at radius 1 is 0.949 bits per heavy atom. The van der Waals surface area contributed by atoms with E-state index in [1.54, 1.807) is 12.3 Å². The zero-order chi connectivity index (χ0) is 27.6. The van der Waals surface area contributed by atoms with Crippen LogP contribution in [-0.4, -0.2) is 57.2 Å². The van der Waals surface area contributed by atoms with Gasteiger partial charge in [-0.3, -0.25) is 0 Å². The van der Waals surface area contributed by atoms with Gasteiger partial charge in [0.1, 0.15) is 5.82 Å². The number of hydrogen-bond acceptors (Lipinski definition) is 6. The van der Waals surface area contributed by atoms with E-state index in [9.17, 15) is 27.1 Å². The van der Waals surface area contributed by atoms with Crippen LogP contribution >= 0.6 is 0 Å². The first kappa shape index (κ1) is 28.0. The van der Waals surface area contributed by atoms with Crippen LogP contribution in [0.3, 0.4) is 0 Å². The Morgan fingerprint density at radius 3 is 2.31 bits per heavy atom. The number of halogens is 5. The van der Waals surface area contributed by atoms with Gasteiger partial charge in [0.05, 0.1) is 11.7 Å². The quantitative estimate of drug-likeness (QED) is 0.345. The van der Waals surface area contributed by atoms with Crippen LogP contribution in [0, 0.1) is 0 Å². The van der Waals surface area contributed by atoms with E-state index in [0.717, 1.165) is 56.5 Å². The number of nitrogens with one attached hydrogen (secondary N) is 2. The van der Waals surface area contributed by atoms with Gasteiger partial charge in [0.2, 0.25) is 11.9 Å². The van der Waals surface area contributed by atoms with Gasteiger partial charge in [-0.25, -0.2) is 13.8 Å². The Morgan fingerprint density at radius 2 is 1.64 bits per heavy atom. The standard InChI is InChI=1S/C28H36F5N5O/c29-27(30)12-8-22(9-13-27)38-14-10-18(11-15-38)24-17-34-26(36-21-3-1-2-19(16-21)28(31,32)33)37-25(24)35-20-4-6-23(39)7-5-20/h1-3,16-18,20,22-23,39H,4-15H2,(H2,34,35,36,37). The normalized spacial score (nSPS) is 25.4. The van der Waals surface area contributed by atoms with Crippen LogP contribution in [0.25, 0.3) is 0 Å². The molecule has 2 aromatic rings. The van der Waals surface area contributed by atoms with Crippen molar-refractivity contribution in [3.8, 4) is 0 Å². The molecule has 0 unspecified atom stereocenters. The van der Waals surface area contributed by atoms with Crippen molar-refractivity contribution in [2.24, 2.45) is 0 Å². The highest BCUT2D eigenvalue weighted by Crippen LogP contribution is 2.39. The Kier molecular flexibility index (Phi) is 8.28. The highest BCUT2D eigenvalue weighted by atomic mass is 19.4. The number of aliphatic hydroxyl groups excluding tert-OH is 1. The molecule has 0 amide bonds. The van der Waals surface area contributed by atoms with E-state index in [0.29, 0.717) is 31.5 Å². The second-order valence-corrected chi connectivity index (χ2v) is 11.2. The summed E-state index contributed by atoms with van der Waals surface area (Å²) in [5.74, 6) is -1.48. The van der Waals surface area contributed by atoms with Crippen molar-refractivity contribution in [3.05, 3.63) is 41.6 Å². The first-order chi connectivity index (χ1) is 18.6. The largest absolute Gasteiger partial charge is 0.416 e. The number of alkyl halides is 5. The molecule has 2 saturated carbocycles. The lowest BCUT2D eigenvalue weighted by Crippen LogP contribution is -2.44. The summed E-state index contributed by atoms with van der Waals surface area (Å²) in [5, 5.41) is 16.4. The van der Waals surface area contributed by atoms with E-state index >= 15 is 0 Å². The summed E-state index contributed by atoms with van der Waals surface area (Å²) in [5.41, 5.74) is 0.456. The third-order valence-electron chi connectivity index (χ3n) is 8.47. The van der Waals surface area contributed by atoms with Crippen LogP contribution in [0.1, 0.15) is 81.3 Å². The smallest absolute Gasteiger partial charge is 0.393 e. The molecule has 5 rings (SSSR count). The lowest BCUT2D eigenvalue weighted by molar-refractivity contribution is -0.137. The zero-order valence-electron chi connectivity index (χ0n) is 21.9. The molecule has 39 heavy (non-hydrogen) atoms. The van der Waals surface area contributed by atoms with Gasteiger partial charge in [0, 0.05) is 42.4 Å². The molecule has 1 saturated heterocycles. The molecule has 2 heterocycles. The molecule has 1 aromatic carbocycles. The van der Waals surface area contributed by atoms with Crippen molar-refractivity contribution in [3.63, 3.8) is 0 Å². The predicted octanol–water partition coefficient (Wildman–Crippen LogP) is 6.71. The van der Waals surface area contributed by atoms with Crippen LogP contribution in [0.15, 0.2) is 30.5 Å². The average Bonchev–Trinajstić information content (AvgIpc) is 2.90. The summed E-state index contributed by atoms with van der Waals surface area (Å²) in [6.45, 7) is 1.64. The maximum absolute atomic E-state index is 13.6. The molecule has 3 N–H and O–H groups in total. The van der Waals surface area contributed by atoms with E-state index in [4.69, 9.17) is 4.98 Å². The van der Waals surface area contributed by atoms with E-state index in [2.05, 4.69) is 20.5 Å². The van der Waals surface area contributed by atoms with Crippen molar-refractivity contribution >= 4 is 17.5 Å². The summed E-state index contributed by atoms with van der Waals surface area (Å²) in [4.78, 5) is 11.5. The molecule has 6 nitrogen and oxygen atoms in total. The Labute approximate surface area is 225 Å². The minimum absolute atomic E-state index is 0.0457. The molecule has 3 fully saturated rings. The van der Waals surface area contributed by atoms with Gasteiger partial charge in [-0.05, 0) is 88.6 Å². The van der Waals surface area contributed by atoms with Gasteiger partial charge in [0.25, 0.3) is 0 Å². The number of hydrogen-bond donors (Lipinski definition) is 3. The first-order valence-electron chi connectivity index (χ1n) is 13.9. The molecule has 214 valence electrons. The van der Waals surface area contributed by atoms with Gasteiger partial charge in [-0.2, -0.15) is 18.2 Å². The molecule has 1 aliphatic heterocycles. The Balaban J connectivity index is 1.31. The molecule has 0 radical (unpaired) electrons. The molecule has 2 aliphatic carbocycles. The third-order valence-corrected chi connectivity index (χ3v) is 8.47. The predicted molar refractivity (Wildman–Crippen MR) is 139 cm³/mol. The van der Waals surface area contributed by atoms with Crippen molar-refractivity contribution in [2.75, 3.05) is 23.7 Å². The number of piperidine rings is 1. The third kappa shape index (κ3) is 7.16. The monoisotopic (exact) mass is 553 g/mol. The maximum atomic E-state index is 13.6. The lowest BCUT2D eigenvalue weighted by atomic mass is 9.86. The number of rotatable bonds is 6. The van der Waals surface area contributed by atoms with E-state index in [1.807, 2.05) is 0 Å². The van der Waals surface area contributed by atoms with Crippen molar-refractivity contribution in [1.29, 1.82) is 0 Å². The Bertz CT molecular complexity index is 1100. The maximum Gasteiger partial charge on any atom is 0.416 e. The summed E-state index contributed by atoms with van der Waals surface area (Å²) in [6.07, 6.45) is 2.67. The lowest BCUT2D eigenvalue weighted by Gasteiger charge is -2.41. The molecule has 11 heteroatoms. The number of anilines is 3. The molecular formula is C28H36F5N5O. The highest BCUT2D eigenvalue weighted by molar-refractivity contribution is 5.58. The molecule has 0 bridgehead atoms. The summed E-state index contributed by atoms with van der Waals surface area (Å²) >= 11 is 0. The SMILES string of the molecule is OC1CCC(Nc2nc(Nc3cccc(C(F)(F)F)c3)ncc2C2CCN(C3CCC(F)(F)CC3)CC2)CC1. The molecule has 0 spiro atoms. The molecule has 3 aliphatic rings. The van der Waals surface area contributed by atoms with Crippen LogP contribution < -0.4 is 10.6 Å².